The normalized spacial score (nSPS) is 7.57. The Morgan fingerprint density at radius 1 is 2.00 bits per heavy atom. The average Bonchev–Trinajstić information content (AvgIpc) is 1.65. The molecule has 0 bridgehead atoms. The van der Waals surface area contributed by atoms with Gasteiger partial charge in [-0.3, -0.25) is 4.90 Å². The molecule has 0 unspecified atom stereocenters. The molecule has 0 radical (unpaired) electrons. The summed E-state index contributed by atoms with van der Waals surface area (Å²) in [6, 6.07) is 0. The van der Waals surface area contributed by atoms with Gasteiger partial charge in [-0.15, -0.1) is 0 Å². The van der Waals surface area contributed by atoms with E-state index in [1.54, 1.807) is 0 Å². The van der Waals surface area contributed by atoms with Crippen LogP contribution >= 0.6 is 0 Å². The fourth-order valence-electron chi connectivity index (χ4n) is 0.0781. The van der Waals surface area contributed by atoms with Gasteiger partial charge in [-0.05, 0) is 0 Å². The van der Waals surface area contributed by atoms with Crippen LogP contribution in [0.25, 0.3) is 0 Å². The van der Waals surface area contributed by atoms with Gasteiger partial charge in [0.15, 0.2) is 0 Å². The lowest BCUT2D eigenvalue weighted by molar-refractivity contribution is 0.170. The van der Waals surface area contributed by atoms with Crippen molar-refractivity contribution in [3.63, 3.8) is 0 Å². The number of nitrogens with zero attached hydrogens (tertiary/aromatic N) is 1. The quantitative estimate of drug-likeness (QED) is 0.529. The fourth-order valence-corrected chi connectivity index (χ4v) is 0.0781. The highest BCUT2D eigenvalue weighted by Gasteiger charge is 1.95. The summed E-state index contributed by atoms with van der Waals surface area (Å²) in [6.07, 6.45) is 0.234. The van der Waals surface area contributed by atoms with Crippen LogP contribution in [0.1, 0.15) is 0 Å². The van der Waals surface area contributed by atoms with Gasteiger partial charge >= 0.3 is 6.09 Å². The van der Waals surface area contributed by atoms with Crippen molar-refractivity contribution in [2.75, 3.05) is 7.05 Å². The van der Waals surface area contributed by atoms with Crippen LogP contribution in [0.3, 0.4) is 0 Å². The van der Waals surface area contributed by atoms with Gasteiger partial charge in [-0.1, -0.05) is 6.58 Å². The van der Waals surface area contributed by atoms with Crippen LogP contribution in [0.4, 0.5) is 4.79 Å². The zero-order valence-corrected chi connectivity index (χ0v) is 4.09. The molecule has 0 aromatic heterocycles. The van der Waals surface area contributed by atoms with Gasteiger partial charge in [0.05, 0.1) is 0 Å². The molecular formula is C4H7NO2. The maximum Gasteiger partial charge on any atom is 0.411 e. The number of hydrogen-bond donors (Lipinski definition) is 1. The molecule has 0 atom stereocenters. The van der Waals surface area contributed by atoms with E-state index in [9.17, 15) is 4.79 Å². The van der Waals surface area contributed by atoms with Gasteiger partial charge in [-0.25, -0.2) is 4.79 Å². The molecule has 0 aliphatic heterocycles. The Hall–Kier alpha value is -0.990. The largest absolute Gasteiger partial charge is 0.465 e. The van der Waals surface area contributed by atoms with Gasteiger partial charge in [0.2, 0.25) is 0 Å². The summed E-state index contributed by atoms with van der Waals surface area (Å²) in [6.45, 7) is 3.23. The predicted octanol–water partition coefficient (Wildman–Crippen LogP) is 0.740. The second-order valence-electron chi connectivity index (χ2n) is 1.08. The maximum atomic E-state index is 9.78. The summed E-state index contributed by atoms with van der Waals surface area (Å²) < 4.78 is 0. The van der Waals surface area contributed by atoms with Crippen molar-refractivity contribution in [3.05, 3.63) is 12.8 Å². The Balaban J connectivity index is 3.55. The molecule has 0 heterocycles. The summed E-state index contributed by atoms with van der Waals surface area (Å²) in [4.78, 5) is 10.8. The molecule has 0 saturated carbocycles. The molecule has 7 heavy (non-hydrogen) atoms. The molecule has 0 aromatic carbocycles. The first-order valence-corrected chi connectivity index (χ1v) is 1.76. The summed E-state index contributed by atoms with van der Waals surface area (Å²) in [5.74, 6) is 0. The van der Waals surface area contributed by atoms with E-state index in [1.807, 2.05) is 0 Å². The van der Waals surface area contributed by atoms with Crippen molar-refractivity contribution >= 4 is 6.09 Å². The van der Waals surface area contributed by atoms with Crippen molar-refractivity contribution in [1.29, 1.82) is 0 Å². The van der Waals surface area contributed by atoms with Crippen LogP contribution in [-0.4, -0.2) is 23.1 Å². The lowest BCUT2D eigenvalue weighted by Gasteiger charge is -2.01. The second-order valence-corrected chi connectivity index (χ2v) is 1.08. The Bertz CT molecular complexity index is 89.7. The first kappa shape index (κ1) is 6.01. The highest BCUT2D eigenvalue weighted by atomic mass is 16.4. The molecule has 1 amide bonds. The monoisotopic (exact) mass is 101 g/mol. The molecule has 3 heteroatoms. The Morgan fingerprint density at radius 2 is 2.43 bits per heavy atom. The number of hydrogen-bond acceptors (Lipinski definition) is 1. The molecule has 40 valence electrons. The average molecular weight is 101 g/mol. The third-order valence-electron chi connectivity index (χ3n) is 0.576. The molecule has 0 rings (SSSR count). The van der Waals surface area contributed by atoms with Gasteiger partial charge < -0.3 is 5.11 Å². The lowest BCUT2D eigenvalue weighted by atomic mass is 10.8. The van der Waals surface area contributed by atoms with E-state index in [-0.39, 0.29) is 0 Å². The van der Waals surface area contributed by atoms with Gasteiger partial charge in [0.25, 0.3) is 0 Å². The molecule has 0 aliphatic carbocycles. The van der Waals surface area contributed by atoms with Crippen LogP contribution in [0.15, 0.2) is 12.8 Å². The third kappa shape index (κ3) is 1.81. The molecule has 0 saturated heterocycles. The number of amides is 1. The predicted molar refractivity (Wildman–Crippen MR) is 26.0 cm³/mol. The van der Waals surface area contributed by atoms with Gasteiger partial charge in [0, 0.05) is 13.2 Å². The molecule has 0 aromatic rings. The minimum Gasteiger partial charge on any atom is -0.465 e. The Kier molecular flexibility index (Phi) is 1.91. The third-order valence-corrected chi connectivity index (χ3v) is 0.576. The van der Waals surface area contributed by atoms with E-state index in [2.05, 4.69) is 6.58 Å². The number of carbonyl (C=O) groups is 1. The smallest absolute Gasteiger partial charge is 0.411 e. The van der Waals surface area contributed by atoms with Gasteiger partial charge in [-0.2, -0.15) is 0 Å². The zero-order chi connectivity index (χ0) is 5.86. The SMILES string of the molecule is C=CN(C)C(=O)O. The van der Waals surface area contributed by atoms with E-state index in [0.717, 1.165) is 4.90 Å². The minimum absolute atomic E-state index is 0.972. The van der Waals surface area contributed by atoms with Crippen LogP contribution in [-0.2, 0) is 0 Å². The van der Waals surface area contributed by atoms with Crippen LogP contribution in [0.2, 0.25) is 0 Å². The van der Waals surface area contributed by atoms with Crippen molar-refractivity contribution in [2.24, 2.45) is 0 Å². The topological polar surface area (TPSA) is 40.5 Å². The first-order chi connectivity index (χ1) is 3.18. The van der Waals surface area contributed by atoms with Crippen molar-refractivity contribution < 1.29 is 9.90 Å². The van der Waals surface area contributed by atoms with Crippen molar-refractivity contribution in [3.8, 4) is 0 Å². The van der Waals surface area contributed by atoms with Crippen molar-refractivity contribution in [1.82, 2.24) is 4.90 Å². The highest BCUT2D eigenvalue weighted by molar-refractivity contribution is 5.65. The minimum atomic E-state index is -0.991. The second kappa shape index (κ2) is 2.23. The molecular weight excluding hydrogens is 94.0 g/mol. The molecule has 1 N–H and O–H groups in total. The van der Waals surface area contributed by atoms with E-state index in [4.69, 9.17) is 5.11 Å². The van der Waals surface area contributed by atoms with Gasteiger partial charge in [0.1, 0.15) is 0 Å². The van der Waals surface area contributed by atoms with E-state index < -0.39 is 6.09 Å². The summed E-state index contributed by atoms with van der Waals surface area (Å²) in [5.41, 5.74) is 0. The molecule has 3 nitrogen and oxygen atoms in total. The number of rotatable bonds is 1. The lowest BCUT2D eigenvalue weighted by Crippen LogP contribution is -2.16. The number of carboxylic acid groups (broad SMARTS) is 1. The van der Waals surface area contributed by atoms with Crippen LogP contribution < -0.4 is 0 Å². The summed E-state index contributed by atoms with van der Waals surface area (Å²) in [7, 11) is 1.41. The highest BCUT2D eigenvalue weighted by Crippen LogP contribution is 1.78. The van der Waals surface area contributed by atoms with E-state index in [0.29, 0.717) is 0 Å². The fraction of sp³-hybridized carbons (Fsp3) is 0.250. The van der Waals surface area contributed by atoms with E-state index >= 15 is 0 Å². The molecule has 0 fully saturated rings. The van der Waals surface area contributed by atoms with E-state index in [1.165, 1.54) is 13.2 Å². The zero-order valence-electron chi connectivity index (χ0n) is 4.09. The Labute approximate surface area is 41.9 Å². The summed E-state index contributed by atoms with van der Waals surface area (Å²) >= 11 is 0. The molecule has 0 aliphatic rings. The Morgan fingerprint density at radius 3 is 2.43 bits per heavy atom. The standard InChI is InChI=1S/C4H7NO2/c1-3-5(2)4(6)7/h3H,1H2,2H3,(H,6,7). The van der Waals surface area contributed by atoms with Crippen molar-refractivity contribution in [2.45, 2.75) is 0 Å². The maximum absolute atomic E-state index is 9.78. The summed E-state index contributed by atoms with van der Waals surface area (Å²) in [5, 5.41) is 8.04. The molecule has 0 spiro atoms. The first-order valence-electron chi connectivity index (χ1n) is 1.76. The van der Waals surface area contributed by atoms with Crippen LogP contribution in [0.5, 0.6) is 0 Å². The van der Waals surface area contributed by atoms with Crippen LogP contribution in [0, 0.1) is 0 Å².